The summed E-state index contributed by atoms with van der Waals surface area (Å²) < 4.78 is 12.3. The van der Waals surface area contributed by atoms with Gasteiger partial charge in [0.15, 0.2) is 5.16 Å². The maximum absolute atomic E-state index is 13.7. The third-order valence-electron chi connectivity index (χ3n) is 5.89. The van der Waals surface area contributed by atoms with Gasteiger partial charge in [-0.15, -0.1) is 11.3 Å². The van der Waals surface area contributed by atoms with Gasteiger partial charge in [0, 0.05) is 10.9 Å². The third-order valence-corrected chi connectivity index (χ3v) is 7.94. The van der Waals surface area contributed by atoms with Crippen LogP contribution in [0.2, 0.25) is 0 Å². The van der Waals surface area contributed by atoms with E-state index in [1.165, 1.54) is 30.2 Å². The molecule has 0 saturated carbocycles. The summed E-state index contributed by atoms with van der Waals surface area (Å²) in [5.74, 6) is 0.983. The quantitative estimate of drug-likeness (QED) is 0.252. The second kappa shape index (κ2) is 10.5. The predicted molar refractivity (Wildman–Crippen MR) is 143 cm³/mol. The number of benzene rings is 2. The van der Waals surface area contributed by atoms with E-state index in [0.717, 1.165) is 16.0 Å². The van der Waals surface area contributed by atoms with Crippen LogP contribution < -0.4 is 20.3 Å². The molecule has 0 spiro atoms. The molecular formula is C26H27N3O4S2. The Hall–Kier alpha value is -3.30. The van der Waals surface area contributed by atoms with Crippen molar-refractivity contribution in [3.63, 3.8) is 0 Å². The maximum Gasteiger partial charge on any atom is 0.263 e. The van der Waals surface area contributed by atoms with Crippen LogP contribution in [0.15, 0.2) is 58.5 Å². The van der Waals surface area contributed by atoms with Crippen molar-refractivity contribution in [2.75, 3.05) is 25.3 Å². The fourth-order valence-corrected chi connectivity index (χ4v) is 5.78. The van der Waals surface area contributed by atoms with E-state index in [1.54, 1.807) is 29.9 Å². The van der Waals surface area contributed by atoms with Crippen LogP contribution >= 0.6 is 23.1 Å². The molecule has 7 nitrogen and oxygen atoms in total. The van der Waals surface area contributed by atoms with Gasteiger partial charge < -0.3 is 14.8 Å². The van der Waals surface area contributed by atoms with Gasteiger partial charge in [0.05, 0.1) is 37.1 Å². The predicted octanol–water partition coefficient (Wildman–Crippen LogP) is 5.43. The molecule has 1 N–H and O–H groups in total. The molecule has 2 aromatic carbocycles. The fourth-order valence-electron chi connectivity index (χ4n) is 3.83. The Morgan fingerprint density at radius 1 is 1.14 bits per heavy atom. The second-order valence-corrected chi connectivity index (χ2v) is 10.2. The normalized spacial score (nSPS) is 11.9. The number of hydrogen-bond donors (Lipinski definition) is 1. The highest BCUT2D eigenvalue weighted by Gasteiger charge is 2.22. The molecule has 0 radical (unpaired) electrons. The first-order chi connectivity index (χ1) is 16.8. The molecule has 4 aromatic rings. The molecular weight excluding hydrogens is 482 g/mol. The second-order valence-electron chi connectivity index (χ2n) is 8.02. The first kappa shape index (κ1) is 24.8. The molecule has 35 heavy (non-hydrogen) atoms. The number of fused-ring (bicyclic) bond motifs is 1. The van der Waals surface area contributed by atoms with Gasteiger partial charge in [-0.1, -0.05) is 42.1 Å². The van der Waals surface area contributed by atoms with Gasteiger partial charge in [0.1, 0.15) is 16.3 Å². The lowest BCUT2D eigenvalue weighted by Crippen LogP contribution is -2.27. The van der Waals surface area contributed by atoms with Crippen molar-refractivity contribution in [2.45, 2.75) is 32.0 Å². The van der Waals surface area contributed by atoms with Gasteiger partial charge in [-0.3, -0.25) is 14.2 Å². The van der Waals surface area contributed by atoms with Crippen molar-refractivity contribution in [3.05, 3.63) is 74.9 Å². The first-order valence-corrected chi connectivity index (χ1v) is 12.9. The van der Waals surface area contributed by atoms with Crippen LogP contribution in [0, 0.1) is 13.8 Å². The van der Waals surface area contributed by atoms with E-state index in [-0.39, 0.29) is 23.3 Å². The van der Waals surface area contributed by atoms with Crippen molar-refractivity contribution in [2.24, 2.45) is 0 Å². The number of ether oxygens (including phenoxy) is 2. The van der Waals surface area contributed by atoms with Crippen LogP contribution in [0.3, 0.4) is 0 Å². The van der Waals surface area contributed by atoms with E-state index in [2.05, 4.69) is 5.32 Å². The lowest BCUT2D eigenvalue weighted by molar-refractivity contribution is -0.113. The molecule has 0 unspecified atom stereocenters. The van der Waals surface area contributed by atoms with Crippen LogP contribution in [-0.2, 0) is 4.79 Å². The van der Waals surface area contributed by atoms with E-state index >= 15 is 0 Å². The first-order valence-electron chi connectivity index (χ1n) is 11.1. The summed E-state index contributed by atoms with van der Waals surface area (Å²) >= 11 is 2.75. The van der Waals surface area contributed by atoms with Gasteiger partial charge in [-0.2, -0.15) is 0 Å². The van der Waals surface area contributed by atoms with Crippen LogP contribution in [0.4, 0.5) is 5.69 Å². The number of rotatable bonds is 8. The van der Waals surface area contributed by atoms with Gasteiger partial charge in [0.25, 0.3) is 5.56 Å². The topological polar surface area (TPSA) is 82.5 Å². The molecule has 0 aliphatic heterocycles. The number of aryl methyl sites for hydroxylation is 2. The largest absolute Gasteiger partial charge is 0.497 e. The van der Waals surface area contributed by atoms with Crippen molar-refractivity contribution >= 4 is 44.9 Å². The summed E-state index contributed by atoms with van der Waals surface area (Å²) in [6.07, 6.45) is 0. The van der Waals surface area contributed by atoms with Crippen LogP contribution in [0.25, 0.3) is 10.2 Å². The van der Waals surface area contributed by atoms with Crippen molar-refractivity contribution in [1.82, 2.24) is 9.55 Å². The maximum atomic E-state index is 13.7. The number of anilines is 1. The zero-order valence-electron chi connectivity index (χ0n) is 20.2. The molecule has 1 atom stereocenters. The molecule has 4 rings (SSSR count). The number of amides is 1. The summed E-state index contributed by atoms with van der Waals surface area (Å²) in [4.78, 5) is 33.1. The summed E-state index contributed by atoms with van der Waals surface area (Å²) in [5, 5.41) is 4.03. The monoisotopic (exact) mass is 509 g/mol. The summed E-state index contributed by atoms with van der Waals surface area (Å²) in [7, 11) is 3.10. The summed E-state index contributed by atoms with van der Waals surface area (Å²) in [6.45, 7) is 5.93. The van der Waals surface area contributed by atoms with Gasteiger partial charge in [0.2, 0.25) is 5.91 Å². The lowest BCUT2D eigenvalue weighted by atomic mass is 10.1. The minimum absolute atomic E-state index is 0.0813. The van der Waals surface area contributed by atoms with E-state index in [1.807, 2.05) is 51.1 Å². The van der Waals surface area contributed by atoms with E-state index < -0.39 is 0 Å². The molecule has 182 valence electrons. The SMILES string of the molecule is COc1ccc(NC(=O)CSc2nc3sc(C)c(C)c3c(=O)n2[C@@H](C)c2ccccc2)c(OC)c1. The highest BCUT2D eigenvalue weighted by molar-refractivity contribution is 7.99. The Bertz CT molecular complexity index is 1430. The van der Waals surface area contributed by atoms with E-state index in [4.69, 9.17) is 14.5 Å². The number of thioether (sulfide) groups is 1. The Balaban J connectivity index is 1.66. The van der Waals surface area contributed by atoms with Crippen LogP contribution in [0.1, 0.15) is 29.0 Å². The minimum Gasteiger partial charge on any atom is -0.497 e. The van der Waals surface area contributed by atoms with E-state index in [9.17, 15) is 9.59 Å². The molecule has 0 aliphatic carbocycles. The molecule has 1 amide bonds. The highest BCUT2D eigenvalue weighted by Crippen LogP contribution is 2.32. The Kier molecular flexibility index (Phi) is 7.47. The number of carbonyl (C=O) groups is 1. The molecule has 0 aliphatic rings. The fraction of sp³-hybridized carbons (Fsp3) is 0.269. The molecule has 9 heteroatoms. The number of nitrogens with zero attached hydrogens (tertiary/aromatic N) is 2. The van der Waals surface area contributed by atoms with Gasteiger partial charge in [-0.05, 0) is 44.0 Å². The molecule has 2 heterocycles. The average molecular weight is 510 g/mol. The molecule has 2 aromatic heterocycles. The smallest absolute Gasteiger partial charge is 0.263 e. The zero-order chi connectivity index (χ0) is 25.1. The van der Waals surface area contributed by atoms with Gasteiger partial charge >= 0.3 is 0 Å². The number of thiophene rings is 1. The minimum atomic E-state index is -0.243. The Morgan fingerprint density at radius 3 is 2.57 bits per heavy atom. The van der Waals surface area contributed by atoms with Crippen LogP contribution in [-0.4, -0.2) is 35.4 Å². The Morgan fingerprint density at radius 2 is 1.89 bits per heavy atom. The number of carbonyl (C=O) groups excluding carboxylic acids is 1. The number of methoxy groups -OCH3 is 2. The van der Waals surface area contributed by atoms with Crippen LogP contribution in [0.5, 0.6) is 11.5 Å². The highest BCUT2D eigenvalue weighted by atomic mass is 32.2. The summed E-state index contributed by atoms with van der Waals surface area (Å²) in [6, 6.07) is 14.8. The van der Waals surface area contributed by atoms with Crippen molar-refractivity contribution in [3.8, 4) is 11.5 Å². The van der Waals surface area contributed by atoms with Gasteiger partial charge in [-0.25, -0.2) is 4.98 Å². The third kappa shape index (κ3) is 5.06. The zero-order valence-corrected chi connectivity index (χ0v) is 21.9. The Labute approximate surface area is 212 Å². The average Bonchev–Trinajstić information content (AvgIpc) is 3.16. The molecule has 0 bridgehead atoms. The van der Waals surface area contributed by atoms with Crippen molar-refractivity contribution in [1.29, 1.82) is 0 Å². The number of aromatic nitrogens is 2. The van der Waals surface area contributed by atoms with Crippen molar-refractivity contribution < 1.29 is 14.3 Å². The number of hydrogen-bond acceptors (Lipinski definition) is 7. The molecule has 0 fully saturated rings. The standard InChI is InChI=1S/C26H27N3O4S2/c1-15-17(3)35-24-23(15)25(31)29(16(2)18-9-7-6-8-10-18)26(28-24)34-14-22(30)27-20-12-11-19(32-4)13-21(20)33-5/h6-13,16H,14H2,1-5H3,(H,27,30)/t16-/m0/s1. The number of nitrogens with one attached hydrogen (secondary N) is 1. The van der Waals surface area contributed by atoms with E-state index in [0.29, 0.717) is 32.6 Å². The lowest BCUT2D eigenvalue weighted by Gasteiger charge is -2.19. The summed E-state index contributed by atoms with van der Waals surface area (Å²) in [5.41, 5.74) is 2.40. The molecule has 0 saturated heterocycles.